The first-order valence-corrected chi connectivity index (χ1v) is 3.33. The van der Waals surface area contributed by atoms with Gasteiger partial charge in [-0.05, 0) is 24.3 Å². The molecule has 0 bridgehead atoms. The highest BCUT2D eigenvalue weighted by Gasteiger charge is 1.97. The predicted octanol–water partition coefficient (Wildman–Crippen LogP) is 1.46. The molecule has 2 aromatic rings. The molecule has 0 fully saturated rings. The van der Waals surface area contributed by atoms with Crippen LogP contribution in [0.3, 0.4) is 0 Å². The Morgan fingerprint density at radius 2 is 2.09 bits per heavy atom. The van der Waals surface area contributed by atoms with E-state index in [0.717, 1.165) is 15.6 Å². The second kappa shape index (κ2) is 1.92. The zero-order valence-corrected chi connectivity index (χ0v) is 5.86. The highest BCUT2D eigenvalue weighted by molar-refractivity contribution is 5.82. The van der Waals surface area contributed by atoms with E-state index in [1.54, 1.807) is 18.3 Å². The van der Waals surface area contributed by atoms with E-state index >= 15 is 0 Å². The lowest BCUT2D eigenvalue weighted by Gasteiger charge is -1.94. The third-order valence-corrected chi connectivity index (χ3v) is 1.69. The molecule has 0 spiro atoms. The van der Waals surface area contributed by atoms with Crippen LogP contribution >= 0.6 is 0 Å². The van der Waals surface area contributed by atoms with Gasteiger partial charge in [0.25, 0.3) is 0 Å². The zero-order chi connectivity index (χ0) is 7.84. The van der Waals surface area contributed by atoms with Crippen LogP contribution in [0.5, 0.6) is 0 Å². The van der Waals surface area contributed by atoms with Gasteiger partial charge in [0.2, 0.25) is 0 Å². The van der Waals surface area contributed by atoms with Gasteiger partial charge in [0.1, 0.15) is 0 Å². The third kappa shape index (κ3) is 0.816. The molecule has 1 heterocycles. The summed E-state index contributed by atoms with van der Waals surface area (Å²) < 4.78 is 1.08. The van der Waals surface area contributed by atoms with Crippen LogP contribution in [0.1, 0.15) is 0 Å². The van der Waals surface area contributed by atoms with Gasteiger partial charge in [0.05, 0.1) is 5.52 Å². The minimum atomic E-state index is 0.712. The lowest BCUT2D eigenvalue weighted by Crippen LogP contribution is -1.87. The quantitative estimate of drug-likeness (QED) is 0.439. The van der Waals surface area contributed by atoms with E-state index in [1.165, 1.54) is 0 Å². The van der Waals surface area contributed by atoms with Crippen LogP contribution in [0.4, 0.5) is 5.69 Å². The monoisotopic (exact) mass is 148 g/mol. The Balaban J connectivity index is 2.86. The first kappa shape index (κ1) is 6.09. The van der Waals surface area contributed by atoms with E-state index < -0.39 is 0 Å². The Kier molecular flexibility index (Phi) is 1.06. The van der Waals surface area contributed by atoms with Crippen molar-refractivity contribution >= 4 is 16.6 Å². The molecule has 0 atom stereocenters. The SMILES string of the molecule is Nc1ccc2c(ccn2O)c1. The van der Waals surface area contributed by atoms with Crippen LogP contribution in [0.25, 0.3) is 10.9 Å². The highest BCUT2D eigenvalue weighted by Crippen LogP contribution is 2.16. The molecule has 1 aromatic heterocycles. The van der Waals surface area contributed by atoms with Crippen LogP contribution in [0.2, 0.25) is 0 Å². The molecule has 0 unspecified atom stereocenters. The zero-order valence-electron chi connectivity index (χ0n) is 5.86. The van der Waals surface area contributed by atoms with Gasteiger partial charge in [-0.2, -0.15) is 4.73 Å². The molecule has 2 rings (SSSR count). The minimum absolute atomic E-state index is 0.712. The summed E-state index contributed by atoms with van der Waals surface area (Å²) >= 11 is 0. The number of nitrogens with zero attached hydrogens (tertiary/aromatic N) is 1. The van der Waals surface area contributed by atoms with Crippen molar-refractivity contribution < 1.29 is 5.21 Å². The molecule has 0 aliphatic rings. The van der Waals surface area contributed by atoms with Gasteiger partial charge in [0.15, 0.2) is 0 Å². The van der Waals surface area contributed by atoms with Crippen molar-refractivity contribution in [3.8, 4) is 0 Å². The molecule has 3 nitrogen and oxygen atoms in total. The fourth-order valence-corrected chi connectivity index (χ4v) is 1.15. The van der Waals surface area contributed by atoms with E-state index in [9.17, 15) is 5.21 Å². The Morgan fingerprint density at radius 1 is 1.27 bits per heavy atom. The van der Waals surface area contributed by atoms with Crippen molar-refractivity contribution in [2.24, 2.45) is 0 Å². The van der Waals surface area contributed by atoms with Gasteiger partial charge in [-0.1, -0.05) is 0 Å². The molecular weight excluding hydrogens is 140 g/mol. The molecular formula is C8H8N2O. The molecule has 0 saturated heterocycles. The Morgan fingerprint density at radius 3 is 2.91 bits per heavy atom. The number of anilines is 1. The second-order valence-electron chi connectivity index (χ2n) is 2.48. The molecule has 0 aliphatic heterocycles. The number of benzene rings is 1. The maximum absolute atomic E-state index is 9.18. The average Bonchev–Trinajstić information content (AvgIpc) is 2.32. The highest BCUT2D eigenvalue weighted by atomic mass is 16.5. The molecule has 0 amide bonds. The van der Waals surface area contributed by atoms with E-state index in [0.29, 0.717) is 5.69 Å². The third-order valence-electron chi connectivity index (χ3n) is 1.69. The number of hydrogen-bond donors (Lipinski definition) is 2. The molecule has 3 heteroatoms. The molecule has 11 heavy (non-hydrogen) atoms. The summed E-state index contributed by atoms with van der Waals surface area (Å²) in [5.74, 6) is 0. The molecule has 0 aliphatic carbocycles. The smallest absolute Gasteiger partial charge is 0.0866 e. The lowest BCUT2D eigenvalue weighted by atomic mass is 10.2. The normalized spacial score (nSPS) is 10.5. The standard InChI is InChI=1S/C8H8N2O/c9-7-1-2-8-6(5-7)3-4-10(8)11/h1-5,11H,9H2. The van der Waals surface area contributed by atoms with Crippen LogP contribution < -0.4 is 5.73 Å². The molecule has 3 N–H and O–H groups in total. The number of rotatable bonds is 0. The maximum Gasteiger partial charge on any atom is 0.0866 e. The van der Waals surface area contributed by atoms with E-state index in [-0.39, 0.29) is 0 Å². The first-order chi connectivity index (χ1) is 5.27. The van der Waals surface area contributed by atoms with E-state index in [4.69, 9.17) is 5.73 Å². The van der Waals surface area contributed by atoms with Crippen molar-refractivity contribution in [2.75, 3.05) is 5.73 Å². The van der Waals surface area contributed by atoms with Gasteiger partial charge in [0, 0.05) is 17.3 Å². The Labute approximate surface area is 63.6 Å². The van der Waals surface area contributed by atoms with Crippen molar-refractivity contribution in [3.05, 3.63) is 30.5 Å². The minimum Gasteiger partial charge on any atom is -0.428 e. The van der Waals surface area contributed by atoms with Crippen LogP contribution in [-0.2, 0) is 0 Å². The second-order valence-corrected chi connectivity index (χ2v) is 2.48. The van der Waals surface area contributed by atoms with Crippen molar-refractivity contribution in [1.29, 1.82) is 0 Å². The fourth-order valence-electron chi connectivity index (χ4n) is 1.15. The number of nitrogens with two attached hydrogens (primary N) is 1. The van der Waals surface area contributed by atoms with Crippen molar-refractivity contribution in [3.63, 3.8) is 0 Å². The topological polar surface area (TPSA) is 51.2 Å². The first-order valence-electron chi connectivity index (χ1n) is 3.33. The number of nitrogen functional groups attached to an aromatic ring is 1. The summed E-state index contributed by atoms with van der Waals surface area (Å²) in [5.41, 5.74) is 7.03. The van der Waals surface area contributed by atoms with Gasteiger partial charge in [-0.3, -0.25) is 0 Å². The summed E-state index contributed by atoms with van der Waals surface area (Å²) in [5, 5.41) is 10.1. The van der Waals surface area contributed by atoms with Gasteiger partial charge in [-0.25, -0.2) is 0 Å². The Bertz CT molecular complexity index is 392. The van der Waals surface area contributed by atoms with Gasteiger partial charge in [-0.15, -0.1) is 0 Å². The number of hydrogen-bond acceptors (Lipinski definition) is 2. The summed E-state index contributed by atoms with van der Waals surface area (Å²) in [7, 11) is 0. The van der Waals surface area contributed by atoms with Gasteiger partial charge >= 0.3 is 0 Å². The van der Waals surface area contributed by atoms with Crippen LogP contribution in [-0.4, -0.2) is 9.94 Å². The fraction of sp³-hybridized carbons (Fsp3) is 0. The summed E-state index contributed by atoms with van der Waals surface area (Å²) in [4.78, 5) is 0. The molecule has 0 saturated carbocycles. The van der Waals surface area contributed by atoms with Crippen molar-refractivity contribution in [2.45, 2.75) is 0 Å². The van der Waals surface area contributed by atoms with Gasteiger partial charge < -0.3 is 10.9 Å². The molecule has 1 aromatic carbocycles. The lowest BCUT2D eigenvalue weighted by molar-refractivity contribution is 0.200. The maximum atomic E-state index is 9.18. The summed E-state index contributed by atoms with van der Waals surface area (Å²) in [6.07, 6.45) is 1.59. The van der Waals surface area contributed by atoms with E-state index in [2.05, 4.69) is 0 Å². The summed E-state index contributed by atoms with van der Waals surface area (Å²) in [6.45, 7) is 0. The van der Waals surface area contributed by atoms with Crippen LogP contribution in [0.15, 0.2) is 30.5 Å². The van der Waals surface area contributed by atoms with Crippen LogP contribution in [0, 0.1) is 0 Å². The van der Waals surface area contributed by atoms with Crippen molar-refractivity contribution in [1.82, 2.24) is 4.73 Å². The number of fused-ring (bicyclic) bond motifs is 1. The largest absolute Gasteiger partial charge is 0.428 e. The number of aromatic nitrogens is 1. The average molecular weight is 148 g/mol. The van der Waals surface area contributed by atoms with E-state index in [1.807, 2.05) is 12.1 Å². The predicted molar refractivity (Wildman–Crippen MR) is 43.5 cm³/mol. The Hall–Kier alpha value is -1.64. The summed E-state index contributed by atoms with van der Waals surface area (Å²) in [6, 6.07) is 7.17. The molecule has 0 radical (unpaired) electrons. The molecule has 56 valence electrons.